The Kier molecular flexibility index (Phi) is 4.30. The summed E-state index contributed by atoms with van der Waals surface area (Å²) in [6, 6.07) is 0.0376. The van der Waals surface area contributed by atoms with Gasteiger partial charge in [0.25, 0.3) is 5.91 Å². The fourth-order valence-electron chi connectivity index (χ4n) is 1.34. The van der Waals surface area contributed by atoms with Gasteiger partial charge < -0.3 is 11.1 Å². The maximum Gasteiger partial charge on any atom is 0.254 e. The van der Waals surface area contributed by atoms with E-state index < -0.39 is 0 Å². The Labute approximate surface area is 89.6 Å². The van der Waals surface area contributed by atoms with E-state index in [2.05, 4.69) is 17.3 Å². The maximum absolute atomic E-state index is 11.5. The van der Waals surface area contributed by atoms with Crippen LogP contribution in [0.15, 0.2) is 12.4 Å². The first-order chi connectivity index (χ1) is 7.13. The second kappa shape index (κ2) is 5.50. The molecule has 1 atom stereocenters. The predicted molar refractivity (Wildman–Crippen MR) is 58.4 cm³/mol. The van der Waals surface area contributed by atoms with Crippen molar-refractivity contribution in [3.05, 3.63) is 18.0 Å². The lowest BCUT2D eigenvalue weighted by Gasteiger charge is -2.10. The van der Waals surface area contributed by atoms with Crippen LogP contribution in [0.2, 0.25) is 0 Å². The molecule has 0 aromatic carbocycles. The first-order valence-electron chi connectivity index (χ1n) is 5.16. The summed E-state index contributed by atoms with van der Waals surface area (Å²) < 4.78 is 1.60. The van der Waals surface area contributed by atoms with E-state index in [9.17, 15) is 4.79 Å². The number of hydrogen-bond acceptors (Lipinski definition) is 3. The molecule has 0 aliphatic rings. The number of nitrogens with one attached hydrogen (secondary N) is 1. The van der Waals surface area contributed by atoms with E-state index in [-0.39, 0.29) is 11.9 Å². The summed E-state index contributed by atoms with van der Waals surface area (Å²) in [6.07, 6.45) is 5.18. The van der Waals surface area contributed by atoms with Gasteiger partial charge in [0.05, 0.1) is 11.8 Å². The molecule has 1 aromatic rings. The largest absolute Gasteiger partial charge is 0.350 e. The molecule has 0 aliphatic heterocycles. The van der Waals surface area contributed by atoms with Gasteiger partial charge in [-0.15, -0.1) is 0 Å². The minimum Gasteiger partial charge on any atom is -0.350 e. The number of nitrogens with zero attached hydrogens (tertiary/aromatic N) is 2. The normalized spacial score (nSPS) is 12.5. The monoisotopic (exact) mass is 210 g/mol. The summed E-state index contributed by atoms with van der Waals surface area (Å²) in [4.78, 5) is 11.5. The van der Waals surface area contributed by atoms with E-state index in [1.807, 2.05) is 0 Å². The Morgan fingerprint density at radius 2 is 2.47 bits per heavy atom. The molecule has 0 radical (unpaired) electrons. The van der Waals surface area contributed by atoms with E-state index in [1.165, 1.54) is 0 Å². The number of amides is 1. The summed E-state index contributed by atoms with van der Waals surface area (Å²) in [5, 5.41) is 6.71. The Morgan fingerprint density at radius 3 is 3.00 bits per heavy atom. The van der Waals surface area contributed by atoms with Gasteiger partial charge in [-0.05, 0) is 6.42 Å². The molecule has 0 saturated heterocycles. The zero-order valence-electron chi connectivity index (χ0n) is 9.23. The summed E-state index contributed by atoms with van der Waals surface area (Å²) in [5.74, 6) is -0.116. The predicted octanol–water partition coefficient (Wildman–Crippen LogP) is 0.277. The fraction of sp³-hybridized carbons (Fsp3) is 0.600. The summed E-state index contributed by atoms with van der Waals surface area (Å²) in [6.45, 7) is 2.59. The molecular formula is C10H18N4O. The van der Waals surface area contributed by atoms with Crippen molar-refractivity contribution in [3.63, 3.8) is 0 Å². The molecule has 84 valence electrons. The highest BCUT2D eigenvalue weighted by Gasteiger charge is 2.08. The molecule has 1 amide bonds. The first-order valence-corrected chi connectivity index (χ1v) is 5.16. The molecule has 1 aromatic heterocycles. The highest BCUT2D eigenvalue weighted by atomic mass is 16.1. The lowest BCUT2D eigenvalue weighted by molar-refractivity contribution is 0.0950. The number of carbonyl (C=O) groups excluding carboxylic acids is 1. The van der Waals surface area contributed by atoms with Gasteiger partial charge in [-0.25, -0.2) is 0 Å². The second-order valence-corrected chi connectivity index (χ2v) is 3.66. The van der Waals surface area contributed by atoms with Crippen molar-refractivity contribution < 1.29 is 4.79 Å². The third-order valence-electron chi connectivity index (χ3n) is 2.15. The quantitative estimate of drug-likeness (QED) is 0.733. The van der Waals surface area contributed by atoms with E-state index in [1.54, 1.807) is 24.1 Å². The van der Waals surface area contributed by atoms with Gasteiger partial charge in [-0.1, -0.05) is 13.3 Å². The molecule has 1 unspecified atom stereocenters. The van der Waals surface area contributed by atoms with Crippen LogP contribution in [-0.2, 0) is 7.05 Å². The van der Waals surface area contributed by atoms with Crippen molar-refractivity contribution >= 4 is 5.91 Å². The van der Waals surface area contributed by atoms with Crippen molar-refractivity contribution in [2.75, 3.05) is 6.54 Å². The van der Waals surface area contributed by atoms with Gasteiger partial charge in [0, 0.05) is 25.8 Å². The standard InChI is InChI=1S/C10H18N4O/c1-3-4-9(11)6-12-10(15)8-5-13-14(2)7-8/h5,7,9H,3-4,6,11H2,1-2H3,(H,12,15). The Bertz CT molecular complexity index is 321. The number of aryl methyl sites for hydroxylation is 1. The van der Waals surface area contributed by atoms with Crippen molar-refractivity contribution in [3.8, 4) is 0 Å². The topological polar surface area (TPSA) is 72.9 Å². The molecule has 1 rings (SSSR count). The third-order valence-corrected chi connectivity index (χ3v) is 2.15. The average Bonchev–Trinajstić information content (AvgIpc) is 2.62. The van der Waals surface area contributed by atoms with Crippen LogP contribution in [0.3, 0.4) is 0 Å². The van der Waals surface area contributed by atoms with Crippen LogP contribution < -0.4 is 11.1 Å². The third kappa shape index (κ3) is 3.71. The van der Waals surface area contributed by atoms with Crippen molar-refractivity contribution in [1.29, 1.82) is 0 Å². The second-order valence-electron chi connectivity index (χ2n) is 3.66. The van der Waals surface area contributed by atoms with Gasteiger partial charge in [0.2, 0.25) is 0 Å². The molecule has 0 saturated carbocycles. The molecule has 0 spiro atoms. The first kappa shape index (κ1) is 11.7. The SMILES string of the molecule is CCCC(N)CNC(=O)c1cnn(C)c1. The summed E-state index contributed by atoms with van der Waals surface area (Å²) >= 11 is 0. The van der Waals surface area contributed by atoms with Crippen LogP contribution in [0.1, 0.15) is 30.1 Å². The molecule has 0 aliphatic carbocycles. The van der Waals surface area contributed by atoms with E-state index in [0.29, 0.717) is 12.1 Å². The van der Waals surface area contributed by atoms with Gasteiger partial charge in [-0.3, -0.25) is 9.48 Å². The lowest BCUT2D eigenvalue weighted by Crippen LogP contribution is -2.36. The van der Waals surface area contributed by atoms with Crippen LogP contribution in [-0.4, -0.2) is 28.3 Å². The molecule has 5 nitrogen and oxygen atoms in total. The molecule has 15 heavy (non-hydrogen) atoms. The van der Waals surface area contributed by atoms with Crippen molar-refractivity contribution in [2.45, 2.75) is 25.8 Å². The Balaban J connectivity index is 2.36. The number of aromatic nitrogens is 2. The molecule has 0 fully saturated rings. The Morgan fingerprint density at radius 1 is 1.73 bits per heavy atom. The highest BCUT2D eigenvalue weighted by Crippen LogP contribution is 1.96. The molecule has 0 bridgehead atoms. The molecule has 1 heterocycles. The summed E-state index contributed by atoms with van der Waals surface area (Å²) in [5.41, 5.74) is 6.35. The van der Waals surface area contributed by atoms with Gasteiger partial charge in [-0.2, -0.15) is 5.10 Å². The molecular weight excluding hydrogens is 192 g/mol. The van der Waals surface area contributed by atoms with Crippen LogP contribution in [0, 0.1) is 0 Å². The molecule has 3 N–H and O–H groups in total. The lowest BCUT2D eigenvalue weighted by atomic mass is 10.2. The minimum atomic E-state index is -0.116. The average molecular weight is 210 g/mol. The fourth-order valence-corrected chi connectivity index (χ4v) is 1.34. The smallest absolute Gasteiger partial charge is 0.254 e. The highest BCUT2D eigenvalue weighted by molar-refractivity contribution is 5.93. The van der Waals surface area contributed by atoms with Crippen LogP contribution in [0.5, 0.6) is 0 Å². The van der Waals surface area contributed by atoms with Gasteiger partial charge in [0.15, 0.2) is 0 Å². The van der Waals surface area contributed by atoms with Crippen molar-refractivity contribution in [1.82, 2.24) is 15.1 Å². The zero-order chi connectivity index (χ0) is 11.3. The number of rotatable bonds is 5. The summed E-state index contributed by atoms with van der Waals surface area (Å²) in [7, 11) is 1.78. The van der Waals surface area contributed by atoms with E-state index in [0.717, 1.165) is 12.8 Å². The van der Waals surface area contributed by atoms with Crippen LogP contribution in [0.4, 0.5) is 0 Å². The number of hydrogen-bond donors (Lipinski definition) is 2. The maximum atomic E-state index is 11.5. The van der Waals surface area contributed by atoms with E-state index >= 15 is 0 Å². The minimum absolute atomic E-state index is 0.0376. The van der Waals surface area contributed by atoms with Gasteiger partial charge in [0.1, 0.15) is 0 Å². The van der Waals surface area contributed by atoms with Gasteiger partial charge >= 0.3 is 0 Å². The Hall–Kier alpha value is -1.36. The van der Waals surface area contributed by atoms with Crippen LogP contribution in [0.25, 0.3) is 0 Å². The number of carbonyl (C=O) groups is 1. The van der Waals surface area contributed by atoms with Crippen molar-refractivity contribution in [2.24, 2.45) is 12.8 Å². The van der Waals surface area contributed by atoms with Crippen LogP contribution >= 0.6 is 0 Å². The zero-order valence-corrected chi connectivity index (χ0v) is 9.23. The number of nitrogens with two attached hydrogens (primary N) is 1. The molecule has 5 heteroatoms. The van der Waals surface area contributed by atoms with E-state index in [4.69, 9.17) is 5.73 Å².